The third-order valence-electron chi connectivity index (χ3n) is 3.76. The Labute approximate surface area is 108 Å². The second-order valence-electron chi connectivity index (χ2n) is 4.94. The maximum atomic E-state index is 5.83. The molecule has 1 aliphatic rings. The van der Waals surface area contributed by atoms with E-state index in [1.165, 1.54) is 21.7 Å². The summed E-state index contributed by atoms with van der Waals surface area (Å²) in [6.45, 7) is 7.56. The molecule has 0 saturated carbocycles. The second-order valence-corrected chi connectivity index (χ2v) is 6.23. The minimum Gasteiger partial charge on any atom is -0.378 e. The predicted octanol–water partition coefficient (Wildman–Crippen LogP) is 3.44. The van der Waals surface area contributed by atoms with Gasteiger partial charge < -0.3 is 10.1 Å². The van der Waals surface area contributed by atoms with Crippen molar-refractivity contribution in [3.05, 3.63) is 21.4 Å². The molecule has 0 bridgehead atoms. The van der Waals surface area contributed by atoms with E-state index in [4.69, 9.17) is 4.74 Å². The van der Waals surface area contributed by atoms with Crippen molar-refractivity contribution in [2.75, 3.05) is 13.7 Å². The second kappa shape index (κ2) is 5.51. The van der Waals surface area contributed by atoms with Crippen molar-refractivity contribution in [2.45, 2.75) is 45.8 Å². The maximum absolute atomic E-state index is 5.83. The van der Waals surface area contributed by atoms with Crippen LogP contribution in [0.3, 0.4) is 0 Å². The highest BCUT2D eigenvalue weighted by Gasteiger charge is 2.34. The number of rotatable bonds is 4. The summed E-state index contributed by atoms with van der Waals surface area (Å²) < 4.78 is 5.83. The van der Waals surface area contributed by atoms with E-state index in [1.54, 1.807) is 0 Å². The Balaban J connectivity index is 2.24. The molecular weight excluding hydrogens is 230 g/mol. The summed E-state index contributed by atoms with van der Waals surface area (Å²) in [7, 11) is 2.07. The molecule has 0 radical (unpaired) electrons. The molecule has 1 aromatic rings. The van der Waals surface area contributed by atoms with Crippen LogP contribution in [0.1, 0.15) is 41.1 Å². The number of hydrogen-bond acceptors (Lipinski definition) is 3. The Bertz CT molecular complexity index is 374. The van der Waals surface area contributed by atoms with Gasteiger partial charge in [0.15, 0.2) is 0 Å². The van der Waals surface area contributed by atoms with Gasteiger partial charge in [-0.1, -0.05) is 6.92 Å². The highest BCUT2D eigenvalue weighted by molar-refractivity contribution is 7.12. The lowest BCUT2D eigenvalue weighted by Crippen LogP contribution is -2.30. The van der Waals surface area contributed by atoms with Crippen LogP contribution in [0.5, 0.6) is 0 Å². The Hall–Kier alpha value is -0.380. The van der Waals surface area contributed by atoms with Gasteiger partial charge in [-0.15, -0.1) is 11.3 Å². The van der Waals surface area contributed by atoms with E-state index in [9.17, 15) is 0 Å². The highest BCUT2D eigenvalue weighted by atomic mass is 32.1. The molecule has 3 atom stereocenters. The molecule has 3 unspecified atom stereocenters. The summed E-state index contributed by atoms with van der Waals surface area (Å²) in [4.78, 5) is 2.91. The summed E-state index contributed by atoms with van der Waals surface area (Å²) in [5.74, 6) is 0.627. The molecule has 1 aromatic heterocycles. The molecule has 96 valence electrons. The first-order chi connectivity index (χ1) is 8.17. The summed E-state index contributed by atoms with van der Waals surface area (Å²) in [5, 5.41) is 3.51. The van der Waals surface area contributed by atoms with Crippen LogP contribution in [0.4, 0.5) is 0 Å². The molecule has 1 N–H and O–H groups in total. The molecule has 2 rings (SSSR count). The van der Waals surface area contributed by atoms with Gasteiger partial charge in [0.2, 0.25) is 0 Å². The lowest BCUT2D eigenvalue weighted by Gasteiger charge is -2.26. The molecule has 17 heavy (non-hydrogen) atoms. The fourth-order valence-electron chi connectivity index (χ4n) is 2.97. The Morgan fingerprint density at radius 2 is 2.29 bits per heavy atom. The number of aryl methyl sites for hydroxylation is 2. The first-order valence-electron chi connectivity index (χ1n) is 6.53. The van der Waals surface area contributed by atoms with E-state index in [0.717, 1.165) is 13.0 Å². The largest absolute Gasteiger partial charge is 0.378 e. The van der Waals surface area contributed by atoms with Gasteiger partial charge in [0.05, 0.1) is 6.10 Å². The molecule has 3 heteroatoms. The predicted molar refractivity (Wildman–Crippen MR) is 73.7 cm³/mol. The van der Waals surface area contributed by atoms with Crippen molar-refractivity contribution >= 4 is 11.3 Å². The molecule has 0 spiro atoms. The summed E-state index contributed by atoms with van der Waals surface area (Å²) in [6, 6.07) is 2.75. The van der Waals surface area contributed by atoms with E-state index < -0.39 is 0 Å². The van der Waals surface area contributed by atoms with Crippen LogP contribution in [-0.2, 0) is 4.74 Å². The minimum absolute atomic E-state index is 0.425. The van der Waals surface area contributed by atoms with E-state index in [0.29, 0.717) is 18.1 Å². The molecule has 0 aromatic carbocycles. The zero-order valence-corrected chi connectivity index (χ0v) is 12.1. The molecule has 1 saturated heterocycles. The van der Waals surface area contributed by atoms with Gasteiger partial charge in [-0.05, 0) is 45.4 Å². The lowest BCUT2D eigenvalue weighted by atomic mass is 9.89. The average molecular weight is 253 g/mol. The molecule has 1 fully saturated rings. The number of ether oxygens (including phenoxy) is 1. The van der Waals surface area contributed by atoms with Crippen molar-refractivity contribution in [3.8, 4) is 0 Å². The van der Waals surface area contributed by atoms with Gasteiger partial charge in [0.1, 0.15) is 0 Å². The Morgan fingerprint density at radius 3 is 2.82 bits per heavy atom. The van der Waals surface area contributed by atoms with E-state index >= 15 is 0 Å². The van der Waals surface area contributed by atoms with Crippen molar-refractivity contribution in [1.29, 1.82) is 0 Å². The van der Waals surface area contributed by atoms with Crippen molar-refractivity contribution in [3.63, 3.8) is 0 Å². The number of thiophene rings is 1. The molecule has 2 nitrogen and oxygen atoms in total. The number of hydrogen-bond donors (Lipinski definition) is 1. The summed E-state index contributed by atoms with van der Waals surface area (Å²) in [6.07, 6.45) is 2.72. The Kier molecular flexibility index (Phi) is 4.23. The number of nitrogens with one attached hydrogen (secondary N) is 1. The highest BCUT2D eigenvalue weighted by Crippen LogP contribution is 2.38. The molecular formula is C14H23NOS. The standard InChI is InChI=1S/C14H23NOS/c1-5-12-11(6-7-16-12)13(15-4)14-9(2)8-10(3)17-14/h8,11-13,15H,5-7H2,1-4H3. The first-order valence-corrected chi connectivity index (χ1v) is 7.34. The van der Waals surface area contributed by atoms with Crippen LogP contribution >= 0.6 is 11.3 Å². The van der Waals surface area contributed by atoms with Gasteiger partial charge >= 0.3 is 0 Å². The van der Waals surface area contributed by atoms with Crippen LogP contribution in [0.15, 0.2) is 6.07 Å². The van der Waals surface area contributed by atoms with Crippen LogP contribution in [0.2, 0.25) is 0 Å². The first kappa shape index (κ1) is 13.1. The van der Waals surface area contributed by atoms with Crippen LogP contribution in [0, 0.1) is 19.8 Å². The zero-order valence-electron chi connectivity index (χ0n) is 11.2. The van der Waals surface area contributed by atoms with E-state index in [1.807, 2.05) is 11.3 Å². The van der Waals surface area contributed by atoms with Crippen molar-refractivity contribution in [2.24, 2.45) is 5.92 Å². The summed E-state index contributed by atoms with van der Waals surface area (Å²) >= 11 is 1.93. The van der Waals surface area contributed by atoms with E-state index in [2.05, 4.69) is 39.2 Å². The SMILES string of the molecule is CCC1OCCC1C(NC)c1sc(C)cc1C. The van der Waals surface area contributed by atoms with Crippen molar-refractivity contribution in [1.82, 2.24) is 5.32 Å². The fourth-order valence-corrected chi connectivity index (χ4v) is 4.20. The van der Waals surface area contributed by atoms with Gasteiger partial charge in [-0.2, -0.15) is 0 Å². The van der Waals surface area contributed by atoms with Gasteiger partial charge in [0, 0.05) is 28.3 Å². The smallest absolute Gasteiger partial charge is 0.0620 e. The quantitative estimate of drug-likeness (QED) is 0.887. The van der Waals surface area contributed by atoms with E-state index in [-0.39, 0.29) is 0 Å². The van der Waals surface area contributed by atoms with Crippen LogP contribution < -0.4 is 5.32 Å². The third-order valence-corrected chi connectivity index (χ3v) is 5.00. The minimum atomic E-state index is 0.425. The van der Waals surface area contributed by atoms with Gasteiger partial charge in [-0.25, -0.2) is 0 Å². The molecule has 0 amide bonds. The zero-order chi connectivity index (χ0) is 12.4. The third kappa shape index (κ3) is 2.56. The molecule has 2 heterocycles. The van der Waals surface area contributed by atoms with Crippen LogP contribution in [-0.4, -0.2) is 19.8 Å². The fraction of sp³-hybridized carbons (Fsp3) is 0.714. The lowest BCUT2D eigenvalue weighted by molar-refractivity contribution is 0.0785. The van der Waals surface area contributed by atoms with Crippen LogP contribution in [0.25, 0.3) is 0 Å². The average Bonchev–Trinajstić information content (AvgIpc) is 2.88. The molecule has 1 aliphatic heterocycles. The normalized spacial score (nSPS) is 26.4. The van der Waals surface area contributed by atoms with Gasteiger partial charge in [0.25, 0.3) is 0 Å². The topological polar surface area (TPSA) is 21.3 Å². The molecule has 0 aliphatic carbocycles. The monoisotopic (exact) mass is 253 g/mol. The van der Waals surface area contributed by atoms with Crippen molar-refractivity contribution < 1.29 is 4.74 Å². The Morgan fingerprint density at radius 1 is 1.53 bits per heavy atom. The maximum Gasteiger partial charge on any atom is 0.0620 e. The van der Waals surface area contributed by atoms with Gasteiger partial charge in [-0.3, -0.25) is 0 Å². The summed E-state index contributed by atoms with van der Waals surface area (Å²) in [5.41, 5.74) is 1.42.